The second kappa shape index (κ2) is 10.5. The number of nitrogens with two attached hydrogens (primary N) is 1. The van der Waals surface area contributed by atoms with Gasteiger partial charge in [0, 0.05) is 55.2 Å². The second-order valence-electron chi connectivity index (χ2n) is 9.85. The van der Waals surface area contributed by atoms with Crippen molar-refractivity contribution in [2.24, 2.45) is 5.73 Å². The molecule has 13 heteroatoms. The summed E-state index contributed by atoms with van der Waals surface area (Å²) in [5.74, 6) is -1.99. The normalized spacial score (nSPS) is 16.9. The fourth-order valence-electron chi connectivity index (χ4n) is 5.33. The van der Waals surface area contributed by atoms with Crippen molar-refractivity contribution in [3.8, 4) is 17.1 Å². The summed E-state index contributed by atoms with van der Waals surface area (Å²) >= 11 is 0. The Labute approximate surface area is 233 Å². The van der Waals surface area contributed by atoms with Gasteiger partial charge in [-0.05, 0) is 18.6 Å². The molecule has 216 valence electrons. The molecule has 5 rings (SSSR count). The Morgan fingerprint density at radius 2 is 2.00 bits per heavy atom. The highest BCUT2D eigenvalue weighted by Gasteiger charge is 2.51. The van der Waals surface area contributed by atoms with E-state index in [-0.39, 0.29) is 61.7 Å². The molecule has 0 fully saturated rings. The van der Waals surface area contributed by atoms with Crippen LogP contribution in [0.4, 0.5) is 9.18 Å². The van der Waals surface area contributed by atoms with E-state index in [0.717, 1.165) is 0 Å². The molecule has 0 aliphatic carbocycles. The summed E-state index contributed by atoms with van der Waals surface area (Å²) in [6, 6.07) is 4.27. The maximum atomic E-state index is 14.7. The van der Waals surface area contributed by atoms with Crippen LogP contribution >= 0.6 is 0 Å². The molecule has 2 N–H and O–H groups in total. The van der Waals surface area contributed by atoms with Crippen LogP contribution in [0.15, 0.2) is 23.0 Å². The van der Waals surface area contributed by atoms with E-state index in [0.29, 0.717) is 27.9 Å². The smallest absolute Gasteiger partial charge is 0.411 e. The number of amides is 1. The number of nitrogens with zero attached hydrogens (tertiary/aromatic N) is 3. The third-order valence-corrected chi connectivity index (χ3v) is 7.50. The fraction of sp³-hybridized carbons (Fsp3) is 0.393. The Morgan fingerprint density at radius 1 is 1.24 bits per heavy atom. The molecule has 1 amide bonds. The number of benzene rings is 1. The van der Waals surface area contributed by atoms with Gasteiger partial charge in [0.1, 0.15) is 13.2 Å². The van der Waals surface area contributed by atoms with E-state index in [1.807, 2.05) is 0 Å². The molecular formula is C28H29FN4O8. The average Bonchev–Trinajstić information content (AvgIpc) is 3.31. The molecule has 0 saturated heterocycles. The molecule has 0 saturated carbocycles. The Kier molecular flexibility index (Phi) is 7.15. The van der Waals surface area contributed by atoms with Gasteiger partial charge in [0.15, 0.2) is 11.6 Å². The molecule has 2 aromatic heterocycles. The van der Waals surface area contributed by atoms with E-state index in [1.165, 1.54) is 42.7 Å². The maximum Gasteiger partial charge on any atom is 0.411 e. The quantitative estimate of drug-likeness (QED) is 0.260. The van der Waals surface area contributed by atoms with Crippen molar-refractivity contribution in [1.29, 1.82) is 0 Å². The molecule has 41 heavy (non-hydrogen) atoms. The Bertz CT molecular complexity index is 1670. The van der Waals surface area contributed by atoms with Crippen LogP contribution in [-0.2, 0) is 49.2 Å². The van der Waals surface area contributed by atoms with Crippen molar-refractivity contribution in [1.82, 2.24) is 14.5 Å². The first-order valence-electron chi connectivity index (χ1n) is 13.0. The van der Waals surface area contributed by atoms with Crippen molar-refractivity contribution in [3.63, 3.8) is 0 Å². The van der Waals surface area contributed by atoms with Crippen LogP contribution in [0.5, 0.6) is 5.75 Å². The van der Waals surface area contributed by atoms with E-state index in [2.05, 4.69) is 4.98 Å². The number of pyridine rings is 2. The summed E-state index contributed by atoms with van der Waals surface area (Å²) < 4.78 is 37.8. The van der Waals surface area contributed by atoms with Crippen LogP contribution in [0, 0.1) is 5.82 Å². The number of hydrogen-bond acceptors (Lipinski definition) is 10. The molecule has 3 aromatic rings. The van der Waals surface area contributed by atoms with Crippen molar-refractivity contribution < 1.29 is 37.7 Å². The summed E-state index contributed by atoms with van der Waals surface area (Å²) in [6.07, 6.45) is -0.815. The number of aromatic nitrogens is 2. The number of ether oxygens (including phenoxy) is 4. The number of carbonyl (C=O) groups is 3. The summed E-state index contributed by atoms with van der Waals surface area (Å²) in [6.45, 7) is 2.89. The number of cyclic esters (lactones) is 1. The summed E-state index contributed by atoms with van der Waals surface area (Å²) in [5.41, 5.74) is 5.62. The van der Waals surface area contributed by atoms with E-state index in [4.69, 9.17) is 24.7 Å². The number of fused-ring (bicyclic) bond motifs is 5. The zero-order valence-corrected chi connectivity index (χ0v) is 23.0. The van der Waals surface area contributed by atoms with Crippen LogP contribution in [0.3, 0.4) is 0 Å². The third kappa shape index (κ3) is 4.46. The number of hydrogen-bond donors (Lipinski definition) is 1. The molecule has 1 atom stereocenters. The SMILES string of the molecule is CC[C@@]1(OC(=O)N(C)CCN)C(=O)OCc2c1cc1n(c2=O)Cc2c-1nc1cc(F)c(OC)cc1c2COC(C)=O. The van der Waals surface area contributed by atoms with Gasteiger partial charge < -0.3 is 34.1 Å². The monoisotopic (exact) mass is 568 g/mol. The molecule has 0 spiro atoms. The van der Waals surface area contributed by atoms with Crippen LogP contribution in [0.2, 0.25) is 0 Å². The molecular weight excluding hydrogens is 539 g/mol. The highest BCUT2D eigenvalue weighted by atomic mass is 19.1. The van der Waals surface area contributed by atoms with Crippen LogP contribution in [-0.4, -0.2) is 59.7 Å². The van der Waals surface area contributed by atoms with Gasteiger partial charge in [-0.1, -0.05) is 6.92 Å². The van der Waals surface area contributed by atoms with E-state index >= 15 is 0 Å². The topological polar surface area (TPSA) is 152 Å². The highest BCUT2D eigenvalue weighted by Crippen LogP contribution is 2.42. The second-order valence-corrected chi connectivity index (χ2v) is 9.85. The Morgan fingerprint density at radius 3 is 2.66 bits per heavy atom. The number of esters is 2. The molecule has 12 nitrogen and oxygen atoms in total. The number of methoxy groups -OCH3 is 1. The van der Waals surface area contributed by atoms with Crippen molar-refractivity contribution in [3.05, 3.63) is 56.6 Å². The molecule has 1 aromatic carbocycles. The van der Waals surface area contributed by atoms with Gasteiger partial charge in [0.05, 0.1) is 36.1 Å². The van der Waals surface area contributed by atoms with Crippen molar-refractivity contribution in [2.45, 2.75) is 45.6 Å². The van der Waals surface area contributed by atoms with E-state index < -0.39 is 35.0 Å². The summed E-state index contributed by atoms with van der Waals surface area (Å²) in [7, 11) is 2.82. The maximum absolute atomic E-state index is 14.7. The first-order valence-corrected chi connectivity index (χ1v) is 13.0. The lowest BCUT2D eigenvalue weighted by molar-refractivity contribution is -0.173. The lowest BCUT2D eigenvalue weighted by Crippen LogP contribution is -2.49. The summed E-state index contributed by atoms with van der Waals surface area (Å²) in [4.78, 5) is 57.5. The lowest BCUT2D eigenvalue weighted by Gasteiger charge is -2.36. The zero-order valence-electron chi connectivity index (χ0n) is 23.0. The third-order valence-electron chi connectivity index (χ3n) is 7.50. The van der Waals surface area contributed by atoms with Gasteiger partial charge >= 0.3 is 18.0 Å². The summed E-state index contributed by atoms with van der Waals surface area (Å²) in [5, 5.41) is 0.493. The molecule has 0 bridgehead atoms. The predicted octanol–water partition coefficient (Wildman–Crippen LogP) is 2.33. The lowest BCUT2D eigenvalue weighted by atomic mass is 9.85. The molecule has 0 radical (unpaired) electrons. The number of likely N-dealkylation sites (N-methyl/N-ethyl adjacent to an activating group) is 1. The minimum Gasteiger partial charge on any atom is -0.494 e. The first kappa shape index (κ1) is 28.0. The van der Waals surface area contributed by atoms with Crippen molar-refractivity contribution >= 4 is 28.9 Å². The average molecular weight is 569 g/mol. The Balaban J connectivity index is 1.74. The predicted molar refractivity (Wildman–Crippen MR) is 142 cm³/mol. The van der Waals surface area contributed by atoms with Gasteiger partial charge in [-0.15, -0.1) is 0 Å². The van der Waals surface area contributed by atoms with Crippen LogP contribution < -0.4 is 16.0 Å². The number of carbonyl (C=O) groups excluding carboxylic acids is 3. The van der Waals surface area contributed by atoms with Gasteiger partial charge in [0.2, 0.25) is 5.60 Å². The molecule has 4 heterocycles. The molecule has 0 unspecified atom stereocenters. The standard InChI is InChI=1S/C28H29FN4O8/c1-5-28(41-27(37)32(3)7-6-30)19-9-22-24-16(11-33(22)25(35)18(19)13-40-26(28)36)17(12-39-14(2)34)15-8-23(38-4)20(29)10-21(15)31-24/h8-10H,5-7,11-13,30H2,1-4H3/t28-/m0/s1. The van der Waals surface area contributed by atoms with E-state index in [1.54, 1.807) is 13.0 Å². The first-order chi connectivity index (χ1) is 19.6. The highest BCUT2D eigenvalue weighted by molar-refractivity contribution is 5.90. The minimum atomic E-state index is -1.89. The van der Waals surface area contributed by atoms with E-state index in [9.17, 15) is 23.6 Å². The van der Waals surface area contributed by atoms with Gasteiger partial charge in [-0.25, -0.2) is 19.0 Å². The van der Waals surface area contributed by atoms with Gasteiger partial charge in [-0.3, -0.25) is 9.59 Å². The fourth-order valence-corrected chi connectivity index (χ4v) is 5.33. The van der Waals surface area contributed by atoms with Gasteiger partial charge in [0.25, 0.3) is 5.56 Å². The molecule has 2 aliphatic rings. The molecule has 2 aliphatic heterocycles. The zero-order chi connectivity index (χ0) is 29.6. The Hall–Kier alpha value is -4.52. The van der Waals surface area contributed by atoms with Crippen LogP contribution in [0.1, 0.15) is 42.5 Å². The largest absolute Gasteiger partial charge is 0.494 e. The van der Waals surface area contributed by atoms with Gasteiger partial charge in [-0.2, -0.15) is 0 Å². The van der Waals surface area contributed by atoms with Crippen molar-refractivity contribution in [2.75, 3.05) is 27.2 Å². The number of rotatable bonds is 7. The minimum absolute atomic E-state index is 0.00928. The van der Waals surface area contributed by atoms with Crippen LogP contribution in [0.25, 0.3) is 22.3 Å². The number of halogens is 1.